The highest BCUT2D eigenvalue weighted by atomic mass is 79.9. The minimum absolute atomic E-state index is 0.138. The summed E-state index contributed by atoms with van der Waals surface area (Å²) in [7, 11) is 0. The van der Waals surface area contributed by atoms with Gasteiger partial charge in [0.2, 0.25) is 0 Å². The second-order valence-corrected chi connectivity index (χ2v) is 6.00. The molecule has 0 aromatic heterocycles. The predicted octanol–water partition coefficient (Wildman–Crippen LogP) is 2.54. The standard InChI is InChI=1S/C11H14BrFN2O2S/c1-5(16)6(2)18-8-4-3-7(11(14)15-17)9(12)10(8)13/h3-6,16-17H,1-2H3,(H2,14,15). The van der Waals surface area contributed by atoms with E-state index in [1.165, 1.54) is 17.8 Å². The Balaban J connectivity index is 3.09. The molecule has 2 unspecified atom stereocenters. The average Bonchev–Trinajstić information content (AvgIpc) is 2.34. The first kappa shape index (κ1) is 15.3. The van der Waals surface area contributed by atoms with Crippen molar-refractivity contribution >= 4 is 33.5 Å². The van der Waals surface area contributed by atoms with Crippen LogP contribution in [0.1, 0.15) is 19.4 Å². The van der Waals surface area contributed by atoms with Gasteiger partial charge in [0.15, 0.2) is 11.7 Å². The van der Waals surface area contributed by atoms with E-state index in [2.05, 4.69) is 21.1 Å². The smallest absolute Gasteiger partial charge is 0.171 e. The highest BCUT2D eigenvalue weighted by Gasteiger charge is 2.18. The van der Waals surface area contributed by atoms with Crippen LogP contribution in [0.4, 0.5) is 4.39 Å². The molecular formula is C11H14BrFN2O2S. The summed E-state index contributed by atoms with van der Waals surface area (Å²) in [6.45, 7) is 3.45. The van der Waals surface area contributed by atoms with Crippen LogP contribution in [-0.4, -0.2) is 27.5 Å². The van der Waals surface area contributed by atoms with Gasteiger partial charge in [-0.2, -0.15) is 0 Å². The van der Waals surface area contributed by atoms with Gasteiger partial charge in [0.25, 0.3) is 0 Å². The number of halogens is 2. The first-order valence-electron chi connectivity index (χ1n) is 5.19. The Hall–Kier alpha value is -0.790. The fourth-order valence-corrected chi connectivity index (χ4v) is 2.80. The van der Waals surface area contributed by atoms with Crippen LogP contribution in [0.2, 0.25) is 0 Å². The minimum Gasteiger partial charge on any atom is -0.409 e. The molecule has 0 bridgehead atoms. The van der Waals surface area contributed by atoms with Crippen LogP contribution in [-0.2, 0) is 0 Å². The van der Waals surface area contributed by atoms with Gasteiger partial charge in [-0.3, -0.25) is 0 Å². The number of amidine groups is 1. The summed E-state index contributed by atoms with van der Waals surface area (Å²) in [6.07, 6.45) is -0.545. The third-order valence-electron chi connectivity index (χ3n) is 2.42. The lowest BCUT2D eigenvalue weighted by molar-refractivity contribution is 0.196. The van der Waals surface area contributed by atoms with E-state index in [1.54, 1.807) is 19.9 Å². The van der Waals surface area contributed by atoms with Gasteiger partial charge in [0.1, 0.15) is 0 Å². The van der Waals surface area contributed by atoms with E-state index < -0.39 is 11.9 Å². The van der Waals surface area contributed by atoms with Crippen molar-refractivity contribution in [1.29, 1.82) is 0 Å². The molecule has 0 aliphatic rings. The molecule has 1 aromatic rings. The monoisotopic (exact) mass is 336 g/mol. The minimum atomic E-state index is -0.545. The lowest BCUT2D eigenvalue weighted by Gasteiger charge is -2.15. The molecule has 100 valence electrons. The van der Waals surface area contributed by atoms with Crippen LogP contribution in [0.25, 0.3) is 0 Å². The maximum Gasteiger partial charge on any atom is 0.171 e. The van der Waals surface area contributed by atoms with Gasteiger partial charge < -0.3 is 16.0 Å². The van der Waals surface area contributed by atoms with Gasteiger partial charge in [-0.15, -0.1) is 11.8 Å². The molecule has 0 aliphatic heterocycles. The molecule has 0 saturated carbocycles. The van der Waals surface area contributed by atoms with Crippen molar-refractivity contribution < 1.29 is 14.7 Å². The molecule has 0 spiro atoms. The Bertz CT molecular complexity index is 469. The molecule has 1 aromatic carbocycles. The number of nitrogens with two attached hydrogens (primary N) is 1. The average molecular weight is 337 g/mol. The molecule has 0 fully saturated rings. The van der Waals surface area contributed by atoms with Gasteiger partial charge in [0.05, 0.1) is 10.6 Å². The third kappa shape index (κ3) is 3.37. The van der Waals surface area contributed by atoms with E-state index in [-0.39, 0.29) is 21.1 Å². The molecule has 4 N–H and O–H groups in total. The van der Waals surface area contributed by atoms with Crippen molar-refractivity contribution in [2.75, 3.05) is 0 Å². The van der Waals surface area contributed by atoms with Crippen molar-refractivity contribution in [2.24, 2.45) is 10.9 Å². The Morgan fingerprint density at radius 3 is 2.61 bits per heavy atom. The van der Waals surface area contributed by atoms with E-state index in [4.69, 9.17) is 10.9 Å². The SMILES string of the molecule is CC(O)C(C)Sc1ccc(/C(N)=N/O)c(Br)c1F. The number of oxime groups is 1. The third-order valence-corrected chi connectivity index (χ3v) is 4.53. The molecule has 0 heterocycles. The summed E-state index contributed by atoms with van der Waals surface area (Å²) in [5.74, 6) is -0.655. The summed E-state index contributed by atoms with van der Waals surface area (Å²) in [6, 6.07) is 3.09. The quantitative estimate of drug-likeness (QED) is 0.259. The number of aliphatic hydroxyl groups excluding tert-OH is 1. The first-order chi connectivity index (χ1) is 8.38. The Morgan fingerprint density at radius 1 is 1.50 bits per heavy atom. The maximum atomic E-state index is 14.0. The molecule has 0 saturated heterocycles. The van der Waals surface area contributed by atoms with Gasteiger partial charge >= 0.3 is 0 Å². The summed E-state index contributed by atoms with van der Waals surface area (Å²) in [5.41, 5.74) is 5.70. The van der Waals surface area contributed by atoms with Crippen LogP contribution in [0.3, 0.4) is 0 Å². The van der Waals surface area contributed by atoms with E-state index >= 15 is 0 Å². The zero-order valence-corrected chi connectivity index (χ0v) is 12.3. The van der Waals surface area contributed by atoms with Gasteiger partial charge in [-0.05, 0) is 35.0 Å². The van der Waals surface area contributed by atoms with E-state index in [0.29, 0.717) is 4.90 Å². The van der Waals surface area contributed by atoms with E-state index in [1.807, 2.05) is 0 Å². The fourth-order valence-electron chi connectivity index (χ4n) is 1.17. The zero-order valence-electron chi connectivity index (χ0n) is 9.89. The number of benzene rings is 1. The van der Waals surface area contributed by atoms with Crippen molar-refractivity contribution in [1.82, 2.24) is 0 Å². The van der Waals surface area contributed by atoms with Crippen LogP contribution < -0.4 is 5.73 Å². The maximum absolute atomic E-state index is 14.0. The number of rotatable bonds is 4. The predicted molar refractivity (Wildman–Crippen MR) is 73.6 cm³/mol. The van der Waals surface area contributed by atoms with Gasteiger partial charge in [-0.25, -0.2) is 4.39 Å². The summed E-state index contributed by atoms with van der Waals surface area (Å²) >= 11 is 4.30. The highest BCUT2D eigenvalue weighted by Crippen LogP contribution is 2.33. The number of hydrogen-bond acceptors (Lipinski definition) is 4. The number of aliphatic hydroxyl groups is 1. The summed E-state index contributed by atoms with van der Waals surface area (Å²) < 4.78 is 14.2. The second-order valence-electron chi connectivity index (χ2n) is 3.79. The Kier molecular flexibility index (Phi) is 5.43. The van der Waals surface area contributed by atoms with Crippen molar-refractivity contribution in [2.45, 2.75) is 30.1 Å². The number of thioether (sulfide) groups is 1. The summed E-state index contributed by atoms with van der Waals surface area (Å²) in [4.78, 5) is 0.393. The van der Waals surface area contributed by atoms with Crippen LogP contribution in [0, 0.1) is 5.82 Å². The summed E-state index contributed by atoms with van der Waals surface area (Å²) in [5, 5.41) is 20.7. The van der Waals surface area contributed by atoms with Gasteiger partial charge in [0, 0.05) is 15.7 Å². The zero-order chi connectivity index (χ0) is 13.9. The van der Waals surface area contributed by atoms with Crippen molar-refractivity contribution in [3.05, 3.63) is 28.0 Å². The lowest BCUT2D eigenvalue weighted by Crippen LogP contribution is -2.16. The van der Waals surface area contributed by atoms with E-state index in [0.717, 1.165) is 0 Å². The number of nitrogens with zero attached hydrogens (tertiary/aromatic N) is 1. The lowest BCUT2D eigenvalue weighted by atomic mass is 10.2. The normalized spacial score (nSPS) is 15.5. The molecule has 7 heteroatoms. The Labute approximate surface area is 117 Å². The van der Waals surface area contributed by atoms with Crippen LogP contribution in [0.15, 0.2) is 26.7 Å². The van der Waals surface area contributed by atoms with Gasteiger partial charge in [-0.1, -0.05) is 12.1 Å². The molecule has 2 atom stereocenters. The van der Waals surface area contributed by atoms with Crippen molar-refractivity contribution in [3.8, 4) is 0 Å². The topological polar surface area (TPSA) is 78.8 Å². The fraction of sp³-hybridized carbons (Fsp3) is 0.364. The van der Waals surface area contributed by atoms with Crippen LogP contribution in [0.5, 0.6) is 0 Å². The van der Waals surface area contributed by atoms with Crippen molar-refractivity contribution in [3.63, 3.8) is 0 Å². The largest absolute Gasteiger partial charge is 0.409 e. The second kappa shape index (κ2) is 6.40. The Morgan fingerprint density at radius 2 is 2.11 bits per heavy atom. The first-order valence-corrected chi connectivity index (χ1v) is 6.86. The molecule has 0 radical (unpaired) electrons. The molecule has 0 amide bonds. The highest BCUT2D eigenvalue weighted by molar-refractivity contribution is 9.10. The molecule has 1 rings (SSSR count). The number of hydrogen-bond donors (Lipinski definition) is 3. The molecular weight excluding hydrogens is 323 g/mol. The molecule has 4 nitrogen and oxygen atoms in total. The molecule has 18 heavy (non-hydrogen) atoms. The van der Waals surface area contributed by atoms with E-state index in [9.17, 15) is 9.50 Å². The molecule has 0 aliphatic carbocycles. The van der Waals surface area contributed by atoms with Crippen LogP contribution >= 0.6 is 27.7 Å².